The smallest absolute Gasteiger partial charge is 0.232 e. The average molecular weight is 382 g/mol. The molecule has 0 saturated heterocycles. The number of nitrogens with one attached hydrogen (secondary N) is 1. The van der Waals surface area contributed by atoms with Crippen LogP contribution in [0.1, 0.15) is 50.5 Å². The van der Waals surface area contributed by atoms with Crippen LogP contribution in [0.2, 0.25) is 0 Å². The topological polar surface area (TPSA) is 56.1 Å². The fraction of sp³-hybridized carbons (Fsp3) is 0.591. The van der Waals surface area contributed by atoms with Gasteiger partial charge in [0.2, 0.25) is 5.91 Å². The summed E-state index contributed by atoms with van der Waals surface area (Å²) in [7, 11) is 0. The summed E-state index contributed by atoms with van der Waals surface area (Å²) in [5.74, 6) is 2.32. The molecule has 4 fully saturated rings. The second kappa shape index (κ2) is 7.59. The Morgan fingerprint density at radius 3 is 2.30 bits per heavy atom. The van der Waals surface area contributed by atoms with Gasteiger partial charge in [-0.25, -0.2) is 0 Å². The SMILES string of the molecule is N#CCCN(Cc1ccccc1)C(=S)NC(=O)C12CC3CC(CC(C3)C1)C2. The Bertz CT molecular complexity index is 719. The van der Waals surface area contributed by atoms with Crippen molar-refractivity contribution in [2.24, 2.45) is 23.2 Å². The molecule has 4 aliphatic rings. The van der Waals surface area contributed by atoms with Crippen molar-refractivity contribution in [3.63, 3.8) is 0 Å². The molecule has 0 unspecified atom stereocenters. The van der Waals surface area contributed by atoms with E-state index in [1.807, 2.05) is 35.2 Å². The Kier molecular flexibility index (Phi) is 5.19. The van der Waals surface area contributed by atoms with E-state index in [1.165, 1.54) is 19.3 Å². The van der Waals surface area contributed by atoms with Crippen LogP contribution in [0.25, 0.3) is 0 Å². The van der Waals surface area contributed by atoms with Gasteiger partial charge in [-0.2, -0.15) is 5.26 Å². The molecule has 0 aliphatic heterocycles. The Labute approximate surface area is 166 Å². The molecule has 1 aromatic carbocycles. The summed E-state index contributed by atoms with van der Waals surface area (Å²) < 4.78 is 0. The molecule has 4 aliphatic carbocycles. The van der Waals surface area contributed by atoms with E-state index in [4.69, 9.17) is 17.5 Å². The maximum Gasteiger partial charge on any atom is 0.232 e. The fourth-order valence-electron chi connectivity index (χ4n) is 5.94. The molecule has 1 N–H and O–H groups in total. The molecule has 27 heavy (non-hydrogen) atoms. The summed E-state index contributed by atoms with van der Waals surface area (Å²) in [5.41, 5.74) is 0.925. The van der Waals surface area contributed by atoms with Gasteiger partial charge in [-0.05, 0) is 74.1 Å². The van der Waals surface area contributed by atoms with E-state index >= 15 is 0 Å². The monoisotopic (exact) mass is 381 g/mol. The highest BCUT2D eigenvalue weighted by Crippen LogP contribution is 2.60. The molecule has 0 atom stereocenters. The van der Waals surface area contributed by atoms with E-state index in [-0.39, 0.29) is 11.3 Å². The molecule has 0 radical (unpaired) electrons. The highest BCUT2D eigenvalue weighted by atomic mass is 32.1. The maximum absolute atomic E-state index is 13.2. The van der Waals surface area contributed by atoms with Crippen LogP contribution in [0.3, 0.4) is 0 Å². The number of nitrogens with zero attached hydrogens (tertiary/aromatic N) is 2. The highest BCUT2D eigenvalue weighted by molar-refractivity contribution is 7.80. The lowest BCUT2D eigenvalue weighted by atomic mass is 9.49. The summed E-state index contributed by atoms with van der Waals surface area (Å²) in [6.45, 7) is 1.15. The number of thiocarbonyl (C=S) groups is 1. The van der Waals surface area contributed by atoms with Crippen molar-refractivity contribution in [1.29, 1.82) is 5.26 Å². The van der Waals surface area contributed by atoms with Gasteiger partial charge >= 0.3 is 0 Å². The Morgan fingerprint density at radius 2 is 1.74 bits per heavy atom. The number of carbonyl (C=O) groups is 1. The first kappa shape index (κ1) is 18.4. The van der Waals surface area contributed by atoms with Crippen LogP contribution in [0, 0.1) is 34.5 Å². The molecular weight excluding hydrogens is 354 g/mol. The first-order chi connectivity index (χ1) is 13.1. The van der Waals surface area contributed by atoms with Crippen LogP contribution in [-0.2, 0) is 11.3 Å². The van der Waals surface area contributed by atoms with Gasteiger partial charge in [-0.3, -0.25) is 4.79 Å². The number of nitriles is 1. The second-order valence-corrected chi connectivity index (χ2v) is 9.16. The predicted octanol–water partition coefficient (Wildman–Crippen LogP) is 4.02. The summed E-state index contributed by atoms with van der Waals surface area (Å²) in [6.07, 6.45) is 7.44. The van der Waals surface area contributed by atoms with Crippen LogP contribution in [-0.4, -0.2) is 22.5 Å². The lowest BCUT2D eigenvalue weighted by Crippen LogP contribution is -2.56. The van der Waals surface area contributed by atoms with Crippen molar-refractivity contribution < 1.29 is 4.79 Å². The van der Waals surface area contributed by atoms with Gasteiger partial charge in [-0.15, -0.1) is 0 Å². The third-order valence-corrected chi connectivity index (χ3v) is 7.10. The van der Waals surface area contributed by atoms with Crippen LogP contribution in [0.15, 0.2) is 30.3 Å². The number of hydrogen-bond donors (Lipinski definition) is 1. The van der Waals surface area contributed by atoms with Crippen LogP contribution in [0.4, 0.5) is 0 Å². The van der Waals surface area contributed by atoms with Crippen molar-refractivity contribution in [3.05, 3.63) is 35.9 Å². The molecular formula is C22H27N3OS. The van der Waals surface area contributed by atoms with Gasteiger partial charge in [-0.1, -0.05) is 30.3 Å². The van der Waals surface area contributed by atoms with Crippen LogP contribution >= 0.6 is 12.2 Å². The van der Waals surface area contributed by atoms with E-state index in [2.05, 4.69) is 11.4 Å². The molecule has 0 heterocycles. The summed E-state index contributed by atoms with van der Waals surface area (Å²) in [5, 5.41) is 12.5. The fourth-order valence-corrected chi connectivity index (χ4v) is 6.19. The molecule has 4 bridgehead atoms. The summed E-state index contributed by atoms with van der Waals surface area (Å²) >= 11 is 5.60. The van der Waals surface area contributed by atoms with Gasteiger partial charge in [0.05, 0.1) is 17.9 Å². The Balaban J connectivity index is 1.44. The zero-order chi connectivity index (χ0) is 18.9. The minimum atomic E-state index is -0.202. The van der Waals surface area contributed by atoms with Crippen molar-refractivity contribution in [3.8, 4) is 6.07 Å². The zero-order valence-corrected chi connectivity index (χ0v) is 16.5. The van der Waals surface area contributed by atoms with E-state index in [9.17, 15) is 4.79 Å². The van der Waals surface area contributed by atoms with Crippen molar-refractivity contribution in [1.82, 2.24) is 10.2 Å². The number of amides is 1. The molecule has 4 nitrogen and oxygen atoms in total. The van der Waals surface area contributed by atoms with E-state index < -0.39 is 0 Å². The van der Waals surface area contributed by atoms with Crippen molar-refractivity contribution in [2.45, 2.75) is 51.5 Å². The minimum Gasteiger partial charge on any atom is -0.344 e. The van der Waals surface area contributed by atoms with Gasteiger partial charge < -0.3 is 10.2 Å². The molecule has 142 valence electrons. The van der Waals surface area contributed by atoms with Gasteiger partial charge in [0.25, 0.3) is 0 Å². The lowest BCUT2D eigenvalue weighted by molar-refractivity contribution is -0.144. The number of benzene rings is 1. The van der Waals surface area contributed by atoms with Gasteiger partial charge in [0, 0.05) is 13.1 Å². The maximum atomic E-state index is 13.2. The summed E-state index contributed by atoms with van der Waals surface area (Å²) in [4.78, 5) is 15.2. The third kappa shape index (κ3) is 3.87. The van der Waals surface area contributed by atoms with Crippen LogP contribution in [0.5, 0.6) is 0 Å². The molecule has 1 aromatic rings. The number of hydrogen-bond acceptors (Lipinski definition) is 3. The first-order valence-corrected chi connectivity index (χ1v) is 10.5. The summed E-state index contributed by atoms with van der Waals surface area (Å²) in [6, 6.07) is 12.2. The Hall–Kier alpha value is -1.93. The van der Waals surface area contributed by atoms with Gasteiger partial charge in [0.15, 0.2) is 5.11 Å². The quantitative estimate of drug-likeness (QED) is 0.783. The number of carbonyl (C=O) groups excluding carboxylic acids is 1. The molecule has 5 heteroatoms. The minimum absolute atomic E-state index is 0.126. The van der Waals surface area contributed by atoms with E-state index in [0.717, 1.165) is 42.6 Å². The number of rotatable bonds is 5. The van der Waals surface area contributed by atoms with Crippen molar-refractivity contribution in [2.75, 3.05) is 6.54 Å². The Morgan fingerprint density at radius 1 is 1.15 bits per heavy atom. The van der Waals surface area contributed by atoms with Gasteiger partial charge in [0.1, 0.15) is 0 Å². The highest BCUT2D eigenvalue weighted by Gasteiger charge is 2.54. The second-order valence-electron chi connectivity index (χ2n) is 8.77. The molecule has 1 amide bonds. The normalized spacial score (nSPS) is 30.6. The first-order valence-electron chi connectivity index (χ1n) is 10.1. The molecule has 5 rings (SSSR count). The van der Waals surface area contributed by atoms with Crippen LogP contribution < -0.4 is 5.32 Å². The third-order valence-electron chi connectivity index (χ3n) is 6.74. The standard InChI is InChI=1S/C22H27N3OS/c23-7-4-8-25(15-16-5-2-1-3-6-16)21(27)24-20(26)22-12-17-9-18(13-22)11-19(10-17)14-22/h1-3,5-6,17-19H,4,8-15H2,(H,24,26,27). The largest absolute Gasteiger partial charge is 0.344 e. The molecule has 0 aromatic heterocycles. The lowest BCUT2D eigenvalue weighted by Gasteiger charge is -2.55. The molecule has 0 spiro atoms. The predicted molar refractivity (Wildman–Crippen MR) is 108 cm³/mol. The van der Waals surface area contributed by atoms with E-state index in [0.29, 0.717) is 24.6 Å². The zero-order valence-electron chi connectivity index (χ0n) is 15.7. The average Bonchev–Trinajstić information content (AvgIpc) is 2.64. The van der Waals surface area contributed by atoms with Crippen molar-refractivity contribution >= 4 is 23.2 Å². The molecule has 4 saturated carbocycles. The van der Waals surface area contributed by atoms with E-state index in [1.54, 1.807) is 0 Å².